The van der Waals surface area contributed by atoms with Crippen molar-refractivity contribution >= 4 is 0 Å². The van der Waals surface area contributed by atoms with Crippen molar-refractivity contribution in [2.75, 3.05) is 13.1 Å². The quantitative estimate of drug-likeness (QED) is 0.670. The Morgan fingerprint density at radius 2 is 2.33 bits per heavy atom. The van der Waals surface area contributed by atoms with Gasteiger partial charge in [0.05, 0.1) is 6.54 Å². The van der Waals surface area contributed by atoms with Gasteiger partial charge in [-0.05, 0) is 19.1 Å². The average molecular weight is 169 g/mol. The zero-order valence-corrected chi connectivity index (χ0v) is 7.09. The maximum atomic E-state index is 12.4. The molecule has 1 aliphatic heterocycles. The molecular formula is C9H12FNO. The van der Waals surface area contributed by atoms with Gasteiger partial charge in [0.25, 0.3) is 0 Å². The highest BCUT2D eigenvalue weighted by atomic mass is 19.1. The highest BCUT2D eigenvalue weighted by Gasteiger charge is 2.26. The molecule has 0 aromatic carbocycles. The molecule has 12 heavy (non-hydrogen) atoms. The largest absolute Gasteiger partial charge is 0.465 e. The van der Waals surface area contributed by atoms with Crippen LogP contribution >= 0.6 is 0 Å². The lowest BCUT2D eigenvalue weighted by atomic mass is 10.2. The van der Waals surface area contributed by atoms with E-state index in [1.54, 1.807) is 0 Å². The number of hydrogen-bond acceptors (Lipinski definition) is 2. The van der Waals surface area contributed by atoms with Crippen LogP contribution in [0, 0.1) is 6.92 Å². The fraction of sp³-hybridized carbons (Fsp3) is 0.556. The normalized spacial score (nSPS) is 19.5. The summed E-state index contributed by atoms with van der Waals surface area (Å²) in [4.78, 5) is 2.03. The first-order valence-corrected chi connectivity index (χ1v) is 4.16. The van der Waals surface area contributed by atoms with Crippen molar-refractivity contribution in [1.29, 1.82) is 0 Å². The second-order valence-electron chi connectivity index (χ2n) is 3.30. The predicted octanol–water partition coefficient (Wildman–Crippen LogP) is 1.74. The van der Waals surface area contributed by atoms with Crippen LogP contribution < -0.4 is 0 Å². The van der Waals surface area contributed by atoms with Crippen LogP contribution in [-0.4, -0.2) is 24.2 Å². The van der Waals surface area contributed by atoms with Crippen LogP contribution in [0.3, 0.4) is 0 Å². The Hall–Kier alpha value is -0.830. The summed E-state index contributed by atoms with van der Waals surface area (Å²) in [5.74, 6) is 1.85. The molecule has 1 aromatic heterocycles. The van der Waals surface area contributed by atoms with Crippen molar-refractivity contribution in [3.8, 4) is 0 Å². The average Bonchev–Trinajstić information content (AvgIpc) is 2.33. The number of likely N-dealkylation sites (tertiary alicyclic amines) is 1. The maximum absolute atomic E-state index is 12.4. The van der Waals surface area contributed by atoms with Gasteiger partial charge in [-0.2, -0.15) is 0 Å². The minimum Gasteiger partial charge on any atom is -0.465 e. The summed E-state index contributed by atoms with van der Waals surface area (Å²) in [6, 6.07) is 3.88. The molecule has 2 rings (SSSR count). The van der Waals surface area contributed by atoms with Gasteiger partial charge in [0.2, 0.25) is 0 Å². The standard InChI is InChI=1S/C9H12FNO/c1-7-2-3-9(12-7)6-11-4-8(10)5-11/h2-3,8H,4-6H2,1H3. The molecule has 0 N–H and O–H groups in total. The van der Waals surface area contributed by atoms with Gasteiger partial charge in [-0.1, -0.05) is 0 Å². The molecule has 1 saturated heterocycles. The molecule has 66 valence electrons. The molecule has 3 heteroatoms. The molecule has 0 aliphatic carbocycles. The Morgan fingerprint density at radius 1 is 1.58 bits per heavy atom. The Balaban J connectivity index is 1.88. The number of aryl methyl sites for hydroxylation is 1. The Morgan fingerprint density at radius 3 is 2.83 bits per heavy atom. The molecule has 0 unspecified atom stereocenters. The van der Waals surface area contributed by atoms with E-state index in [0.29, 0.717) is 13.1 Å². The summed E-state index contributed by atoms with van der Waals surface area (Å²) in [5.41, 5.74) is 0. The molecule has 2 heterocycles. The van der Waals surface area contributed by atoms with Crippen LogP contribution in [0.4, 0.5) is 4.39 Å². The molecule has 0 amide bonds. The molecule has 1 fully saturated rings. The summed E-state index contributed by atoms with van der Waals surface area (Å²) in [5, 5.41) is 0. The van der Waals surface area contributed by atoms with Gasteiger partial charge in [-0.25, -0.2) is 4.39 Å². The first kappa shape index (κ1) is 7.80. The topological polar surface area (TPSA) is 16.4 Å². The fourth-order valence-electron chi connectivity index (χ4n) is 1.43. The van der Waals surface area contributed by atoms with E-state index in [-0.39, 0.29) is 0 Å². The van der Waals surface area contributed by atoms with Gasteiger partial charge in [0, 0.05) is 13.1 Å². The summed E-state index contributed by atoms with van der Waals surface area (Å²) in [6.07, 6.45) is -0.624. The van der Waals surface area contributed by atoms with Crippen molar-refractivity contribution in [2.45, 2.75) is 19.6 Å². The lowest BCUT2D eigenvalue weighted by Crippen LogP contribution is -2.47. The highest BCUT2D eigenvalue weighted by Crippen LogP contribution is 2.16. The number of rotatable bonds is 2. The summed E-state index contributed by atoms with van der Waals surface area (Å²) in [6.45, 7) is 3.77. The lowest BCUT2D eigenvalue weighted by molar-refractivity contribution is 0.0532. The van der Waals surface area contributed by atoms with Gasteiger partial charge in [-0.15, -0.1) is 0 Å². The van der Waals surface area contributed by atoms with Crippen LogP contribution in [0.25, 0.3) is 0 Å². The molecule has 0 saturated carbocycles. The van der Waals surface area contributed by atoms with E-state index in [0.717, 1.165) is 18.1 Å². The van der Waals surface area contributed by atoms with Crippen LogP contribution in [0.15, 0.2) is 16.5 Å². The van der Waals surface area contributed by atoms with Gasteiger partial charge in [0.1, 0.15) is 17.7 Å². The van der Waals surface area contributed by atoms with Gasteiger partial charge in [0.15, 0.2) is 0 Å². The van der Waals surface area contributed by atoms with E-state index in [4.69, 9.17) is 4.42 Å². The first-order chi connectivity index (χ1) is 5.74. The number of hydrogen-bond donors (Lipinski definition) is 0. The van der Waals surface area contributed by atoms with Crippen molar-refractivity contribution < 1.29 is 8.81 Å². The number of furan rings is 1. The Kier molecular flexibility index (Phi) is 1.89. The van der Waals surface area contributed by atoms with Crippen LogP contribution in [0.5, 0.6) is 0 Å². The number of halogens is 1. The van der Waals surface area contributed by atoms with Crippen LogP contribution in [0.1, 0.15) is 11.5 Å². The predicted molar refractivity (Wildman–Crippen MR) is 43.6 cm³/mol. The molecular weight excluding hydrogens is 157 g/mol. The second kappa shape index (κ2) is 2.90. The van der Waals surface area contributed by atoms with Gasteiger partial charge < -0.3 is 4.42 Å². The molecule has 0 spiro atoms. The van der Waals surface area contributed by atoms with E-state index < -0.39 is 6.17 Å². The summed E-state index contributed by atoms with van der Waals surface area (Å²) in [7, 11) is 0. The van der Waals surface area contributed by atoms with Crippen molar-refractivity contribution in [1.82, 2.24) is 4.90 Å². The monoisotopic (exact) mass is 169 g/mol. The van der Waals surface area contributed by atoms with Crippen molar-refractivity contribution in [2.24, 2.45) is 0 Å². The fourth-order valence-corrected chi connectivity index (χ4v) is 1.43. The van der Waals surface area contributed by atoms with Crippen molar-refractivity contribution in [3.63, 3.8) is 0 Å². The molecule has 0 radical (unpaired) electrons. The van der Waals surface area contributed by atoms with E-state index in [9.17, 15) is 4.39 Å². The third-order valence-electron chi connectivity index (χ3n) is 2.09. The number of alkyl halides is 1. The Bertz CT molecular complexity index is 265. The number of nitrogens with zero attached hydrogens (tertiary/aromatic N) is 1. The van der Waals surface area contributed by atoms with Crippen LogP contribution in [-0.2, 0) is 6.54 Å². The third-order valence-corrected chi connectivity index (χ3v) is 2.09. The van der Waals surface area contributed by atoms with Crippen LogP contribution in [0.2, 0.25) is 0 Å². The zero-order valence-electron chi connectivity index (χ0n) is 7.09. The SMILES string of the molecule is Cc1ccc(CN2CC(F)C2)o1. The summed E-state index contributed by atoms with van der Waals surface area (Å²) >= 11 is 0. The first-order valence-electron chi connectivity index (χ1n) is 4.16. The lowest BCUT2D eigenvalue weighted by Gasteiger charge is -2.33. The minimum atomic E-state index is -0.624. The van der Waals surface area contributed by atoms with E-state index in [1.165, 1.54) is 0 Å². The van der Waals surface area contributed by atoms with E-state index in [1.807, 2.05) is 24.0 Å². The molecule has 2 nitrogen and oxygen atoms in total. The highest BCUT2D eigenvalue weighted by molar-refractivity contribution is 5.06. The minimum absolute atomic E-state index is 0.555. The zero-order chi connectivity index (χ0) is 8.55. The second-order valence-corrected chi connectivity index (χ2v) is 3.30. The van der Waals surface area contributed by atoms with Gasteiger partial charge >= 0.3 is 0 Å². The smallest absolute Gasteiger partial charge is 0.125 e. The third kappa shape index (κ3) is 1.50. The maximum Gasteiger partial charge on any atom is 0.125 e. The Labute approximate surface area is 71.0 Å². The molecule has 1 aromatic rings. The van der Waals surface area contributed by atoms with Gasteiger partial charge in [-0.3, -0.25) is 4.90 Å². The molecule has 0 bridgehead atoms. The van der Waals surface area contributed by atoms with Crippen molar-refractivity contribution in [3.05, 3.63) is 23.7 Å². The van der Waals surface area contributed by atoms with E-state index >= 15 is 0 Å². The molecule has 0 atom stereocenters. The summed E-state index contributed by atoms with van der Waals surface area (Å²) < 4.78 is 17.8. The molecule has 1 aliphatic rings. The van der Waals surface area contributed by atoms with E-state index in [2.05, 4.69) is 0 Å².